The second-order valence-electron chi connectivity index (χ2n) is 8.07. The van der Waals surface area contributed by atoms with E-state index >= 15 is 0 Å². The number of methoxy groups -OCH3 is 2. The zero-order valence-corrected chi connectivity index (χ0v) is 19.6. The summed E-state index contributed by atoms with van der Waals surface area (Å²) >= 11 is 0. The van der Waals surface area contributed by atoms with Crippen molar-refractivity contribution in [3.63, 3.8) is 0 Å². The van der Waals surface area contributed by atoms with E-state index in [4.69, 9.17) is 23.5 Å². The molecule has 10 heteroatoms. The molecular formula is C25H25F2N3O5. The fourth-order valence-corrected chi connectivity index (χ4v) is 3.32. The molecule has 0 fully saturated rings. The second-order valence-corrected chi connectivity index (χ2v) is 8.07. The lowest BCUT2D eigenvalue weighted by molar-refractivity contribution is 0.144. The first kappa shape index (κ1) is 24.3. The van der Waals surface area contributed by atoms with Gasteiger partial charge in [0.15, 0.2) is 11.5 Å². The SMILES string of the molecule is COCCOc1cc2ncnc(Oc3cccc(-c4cc(C(C)(CF)CF)on4)c3)c2cc1OC. The van der Waals surface area contributed by atoms with Crippen molar-refractivity contribution in [2.45, 2.75) is 12.3 Å². The number of alkyl halides is 2. The van der Waals surface area contributed by atoms with Crippen LogP contribution in [0.5, 0.6) is 23.1 Å². The number of hydrogen-bond donors (Lipinski definition) is 0. The van der Waals surface area contributed by atoms with Crippen LogP contribution in [0.3, 0.4) is 0 Å². The van der Waals surface area contributed by atoms with E-state index in [0.717, 1.165) is 0 Å². The van der Waals surface area contributed by atoms with Crippen molar-refractivity contribution in [3.8, 4) is 34.4 Å². The Labute approximate surface area is 200 Å². The van der Waals surface area contributed by atoms with Gasteiger partial charge in [-0.15, -0.1) is 0 Å². The first-order valence-electron chi connectivity index (χ1n) is 10.8. The first-order chi connectivity index (χ1) is 17.0. The molecular weight excluding hydrogens is 460 g/mol. The van der Waals surface area contributed by atoms with E-state index in [1.54, 1.807) is 50.6 Å². The van der Waals surface area contributed by atoms with Crippen LogP contribution >= 0.6 is 0 Å². The molecule has 2 heterocycles. The van der Waals surface area contributed by atoms with Crippen molar-refractivity contribution >= 4 is 10.9 Å². The Kier molecular flexibility index (Phi) is 7.40. The molecule has 2 aromatic carbocycles. The highest BCUT2D eigenvalue weighted by atomic mass is 19.1. The van der Waals surface area contributed by atoms with Gasteiger partial charge in [-0.2, -0.15) is 0 Å². The molecule has 4 aromatic rings. The van der Waals surface area contributed by atoms with Crippen molar-refractivity contribution in [2.24, 2.45) is 0 Å². The van der Waals surface area contributed by atoms with Gasteiger partial charge >= 0.3 is 0 Å². The van der Waals surface area contributed by atoms with Crippen LogP contribution in [0, 0.1) is 0 Å². The summed E-state index contributed by atoms with van der Waals surface area (Å²) in [7, 11) is 3.14. The maximum atomic E-state index is 13.3. The minimum absolute atomic E-state index is 0.140. The van der Waals surface area contributed by atoms with Crippen molar-refractivity contribution < 1.29 is 32.3 Å². The van der Waals surface area contributed by atoms with Crippen molar-refractivity contribution in [3.05, 3.63) is 54.6 Å². The van der Waals surface area contributed by atoms with Crippen LogP contribution < -0.4 is 14.2 Å². The molecule has 0 atom stereocenters. The van der Waals surface area contributed by atoms with Crippen LogP contribution in [0.1, 0.15) is 12.7 Å². The molecule has 0 bridgehead atoms. The van der Waals surface area contributed by atoms with Gasteiger partial charge in [-0.1, -0.05) is 17.3 Å². The van der Waals surface area contributed by atoms with E-state index in [1.165, 1.54) is 19.3 Å². The third-order valence-electron chi connectivity index (χ3n) is 5.47. The van der Waals surface area contributed by atoms with Gasteiger partial charge in [0.1, 0.15) is 43.5 Å². The number of nitrogens with zero attached hydrogens (tertiary/aromatic N) is 3. The van der Waals surface area contributed by atoms with E-state index in [-0.39, 0.29) is 5.76 Å². The summed E-state index contributed by atoms with van der Waals surface area (Å²) < 4.78 is 54.2. The van der Waals surface area contributed by atoms with Crippen molar-refractivity contribution in [1.29, 1.82) is 0 Å². The predicted octanol–water partition coefficient (Wildman–Crippen LogP) is 5.31. The number of rotatable bonds is 11. The van der Waals surface area contributed by atoms with Gasteiger partial charge in [0, 0.05) is 24.8 Å². The van der Waals surface area contributed by atoms with Gasteiger partial charge in [0.05, 0.1) is 30.0 Å². The van der Waals surface area contributed by atoms with Gasteiger partial charge in [-0.05, 0) is 25.1 Å². The Morgan fingerprint density at radius 3 is 2.54 bits per heavy atom. The fraction of sp³-hybridized carbons (Fsp3) is 0.320. The highest BCUT2D eigenvalue weighted by Crippen LogP contribution is 2.37. The molecule has 0 saturated carbocycles. The van der Waals surface area contributed by atoms with Crippen molar-refractivity contribution in [1.82, 2.24) is 15.1 Å². The Hall–Kier alpha value is -3.79. The Morgan fingerprint density at radius 1 is 0.971 bits per heavy atom. The average Bonchev–Trinajstić information content (AvgIpc) is 3.39. The summed E-state index contributed by atoms with van der Waals surface area (Å²) in [5, 5.41) is 4.60. The van der Waals surface area contributed by atoms with E-state index in [2.05, 4.69) is 15.1 Å². The number of fused-ring (bicyclic) bond motifs is 1. The normalized spacial score (nSPS) is 11.6. The predicted molar refractivity (Wildman–Crippen MR) is 125 cm³/mol. The molecule has 0 N–H and O–H groups in total. The number of hydrogen-bond acceptors (Lipinski definition) is 8. The molecule has 35 heavy (non-hydrogen) atoms. The smallest absolute Gasteiger partial charge is 0.230 e. The summed E-state index contributed by atoms with van der Waals surface area (Å²) in [6, 6.07) is 12.1. The van der Waals surface area contributed by atoms with Crippen LogP contribution in [-0.4, -0.2) is 55.9 Å². The highest BCUT2D eigenvalue weighted by molar-refractivity contribution is 5.87. The molecule has 4 rings (SSSR count). The molecule has 0 aliphatic carbocycles. The summed E-state index contributed by atoms with van der Waals surface area (Å²) in [5.74, 6) is 1.96. The lowest BCUT2D eigenvalue weighted by atomic mass is 9.90. The zero-order valence-electron chi connectivity index (χ0n) is 19.6. The lowest BCUT2D eigenvalue weighted by Crippen LogP contribution is -2.26. The fourth-order valence-electron chi connectivity index (χ4n) is 3.32. The Bertz CT molecular complexity index is 1290. The molecule has 2 aromatic heterocycles. The quantitative estimate of drug-likeness (QED) is 0.264. The Morgan fingerprint density at radius 2 is 1.80 bits per heavy atom. The molecule has 8 nitrogen and oxygen atoms in total. The summed E-state index contributed by atoms with van der Waals surface area (Å²) in [6.07, 6.45) is 1.39. The van der Waals surface area contributed by atoms with Crippen LogP contribution in [0.15, 0.2) is 53.3 Å². The minimum Gasteiger partial charge on any atom is -0.493 e. The number of benzene rings is 2. The third kappa shape index (κ3) is 5.17. The highest BCUT2D eigenvalue weighted by Gasteiger charge is 2.32. The van der Waals surface area contributed by atoms with E-state index < -0.39 is 18.8 Å². The van der Waals surface area contributed by atoms with Crippen LogP contribution in [0.2, 0.25) is 0 Å². The van der Waals surface area contributed by atoms with Gasteiger partial charge in [0.2, 0.25) is 5.88 Å². The number of halogens is 2. The molecule has 0 unspecified atom stereocenters. The molecule has 0 amide bonds. The van der Waals surface area contributed by atoms with Crippen molar-refractivity contribution in [2.75, 3.05) is 40.8 Å². The maximum absolute atomic E-state index is 13.3. The topological polar surface area (TPSA) is 88.7 Å². The number of aromatic nitrogens is 3. The van der Waals surface area contributed by atoms with Gasteiger partial charge < -0.3 is 23.5 Å². The summed E-state index contributed by atoms with van der Waals surface area (Å²) in [6.45, 7) is 0.442. The molecule has 0 saturated heterocycles. The monoisotopic (exact) mass is 485 g/mol. The van der Waals surface area contributed by atoms with E-state index in [0.29, 0.717) is 58.5 Å². The zero-order chi connectivity index (χ0) is 24.8. The Balaban J connectivity index is 1.62. The van der Waals surface area contributed by atoms with Crippen LogP contribution in [0.25, 0.3) is 22.2 Å². The molecule has 0 aliphatic heterocycles. The van der Waals surface area contributed by atoms with Gasteiger partial charge in [-0.25, -0.2) is 18.7 Å². The molecule has 0 aliphatic rings. The third-order valence-corrected chi connectivity index (χ3v) is 5.47. The average molecular weight is 485 g/mol. The molecule has 0 radical (unpaired) electrons. The first-order valence-corrected chi connectivity index (χ1v) is 10.8. The number of ether oxygens (including phenoxy) is 4. The standard InChI is InChI=1S/C25H25F2N3O5/c1-25(13-26,14-27)23-12-19(30-35-23)16-5-4-6-17(9-16)34-24-18-10-21(32-3)22(33-8-7-31-2)11-20(18)28-15-29-24/h4-6,9-12,15H,7-8,13-14H2,1-3H3. The lowest BCUT2D eigenvalue weighted by Gasteiger charge is -2.17. The molecule has 184 valence electrons. The molecule has 0 spiro atoms. The summed E-state index contributed by atoms with van der Waals surface area (Å²) in [5.41, 5.74) is 0.329. The van der Waals surface area contributed by atoms with E-state index in [9.17, 15) is 8.78 Å². The van der Waals surface area contributed by atoms with Crippen LogP contribution in [0.4, 0.5) is 8.78 Å². The van der Waals surface area contributed by atoms with E-state index in [1.807, 2.05) is 0 Å². The van der Waals surface area contributed by atoms with Gasteiger partial charge in [-0.3, -0.25) is 0 Å². The maximum Gasteiger partial charge on any atom is 0.230 e. The van der Waals surface area contributed by atoms with Crippen LogP contribution in [-0.2, 0) is 10.2 Å². The largest absolute Gasteiger partial charge is 0.493 e. The summed E-state index contributed by atoms with van der Waals surface area (Å²) in [4.78, 5) is 8.59. The van der Waals surface area contributed by atoms with Gasteiger partial charge in [0.25, 0.3) is 0 Å². The second kappa shape index (κ2) is 10.6. The minimum atomic E-state index is -1.37.